The molecule has 1 aromatic carbocycles. The lowest BCUT2D eigenvalue weighted by molar-refractivity contribution is -0.383. The lowest BCUT2D eigenvalue weighted by Gasteiger charge is -2.12. The van der Waals surface area contributed by atoms with Crippen molar-refractivity contribution >= 4 is 56.7 Å². The van der Waals surface area contributed by atoms with Crippen LogP contribution in [0.5, 0.6) is 11.8 Å². The Kier molecular flexibility index (Phi) is 10.6. The van der Waals surface area contributed by atoms with Gasteiger partial charge < -0.3 is 15.2 Å². The number of nitrogens with zero attached hydrogens (tertiary/aromatic N) is 11. The van der Waals surface area contributed by atoms with Crippen LogP contribution in [0.2, 0.25) is 10.0 Å². The smallest absolute Gasteiger partial charge is 0.416 e. The number of amides is 2. The first kappa shape index (κ1) is 37.0. The zero-order chi connectivity index (χ0) is 37.1. The summed E-state index contributed by atoms with van der Waals surface area (Å²) >= 11 is 11.5. The molecule has 0 unspecified atom stereocenters. The first-order valence-electron chi connectivity index (χ1n) is 13.0. The molecule has 50 heavy (non-hydrogen) atoms. The summed E-state index contributed by atoms with van der Waals surface area (Å²) in [6.07, 6.45) is -2.54. The number of aromatic nitrogens is 10. The average Bonchev–Trinajstić information content (AvgIpc) is 3.74. The summed E-state index contributed by atoms with van der Waals surface area (Å²) in [6.45, 7) is 0. The third-order valence-electron chi connectivity index (χ3n) is 5.98. The van der Waals surface area contributed by atoms with Crippen molar-refractivity contribution in [1.82, 2.24) is 54.5 Å². The Morgan fingerprint density at radius 3 is 2.12 bits per heavy atom. The number of nitrogens with one attached hydrogen (secondary N) is 2. The van der Waals surface area contributed by atoms with Crippen molar-refractivity contribution in [1.29, 1.82) is 0 Å². The van der Waals surface area contributed by atoms with Gasteiger partial charge in [-0.3, -0.25) is 20.1 Å². The molecule has 0 bridgehead atoms. The van der Waals surface area contributed by atoms with Crippen molar-refractivity contribution in [2.24, 2.45) is 14.1 Å². The summed E-state index contributed by atoms with van der Waals surface area (Å²) in [6, 6.07) is 1.54. The zero-order valence-electron chi connectivity index (χ0n) is 25.5. The van der Waals surface area contributed by atoms with Crippen LogP contribution in [0.1, 0.15) is 5.56 Å². The molecular weight excluding hydrogens is 744 g/mol. The number of nitrogens with two attached hydrogens (primary N) is 1. The quantitative estimate of drug-likeness (QED) is 0.151. The van der Waals surface area contributed by atoms with Gasteiger partial charge in [0.2, 0.25) is 29.4 Å². The highest BCUT2D eigenvalue weighted by Gasteiger charge is 2.33. The van der Waals surface area contributed by atoms with E-state index in [1.54, 1.807) is 0 Å². The number of hydrogen-bond acceptors (Lipinski definition) is 15. The van der Waals surface area contributed by atoms with E-state index < -0.39 is 44.2 Å². The number of urea groups is 1. The Hall–Kier alpha value is -5.82. The van der Waals surface area contributed by atoms with Crippen LogP contribution in [0.15, 0.2) is 35.6 Å². The van der Waals surface area contributed by atoms with Gasteiger partial charge in [-0.25, -0.2) is 14.2 Å². The number of aryl methyl sites for hydroxylation is 2. The van der Waals surface area contributed by atoms with Crippen LogP contribution < -0.4 is 25.2 Å². The Balaban J connectivity index is 0.000000237. The number of ether oxygens (including phenoxy) is 2. The minimum atomic E-state index is -4.63. The number of hydrogen-bond donors (Lipinski definition) is 3. The van der Waals surface area contributed by atoms with Crippen molar-refractivity contribution in [3.8, 4) is 28.8 Å². The predicted octanol–water partition coefficient (Wildman–Crippen LogP) is 2.62. The normalized spacial score (nSPS) is 11.4. The maximum absolute atomic E-state index is 12.8. The molecule has 0 saturated heterocycles. The van der Waals surface area contributed by atoms with Gasteiger partial charge in [-0.2, -0.15) is 46.6 Å². The van der Waals surface area contributed by atoms with Gasteiger partial charge in [0.25, 0.3) is 10.0 Å². The molecule has 0 radical (unpaired) electrons. The maximum atomic E-state index is 12.8. The van der Waals surface area contributed by atoms with E-state index in [1.165, 1.54) is 40.6 Å². The molecule has 0 aliphatic heterocycles. The summed E-state index contributed by atoms with van der Waals surface area (Å²) in [5.74, 6) is -0.379. The number of halogens is 5. The van der Waals surface area contributed by atoms with E-state index in [9.17, 15) is 36.5 Å². The van der Waals surface area contributed by atoms with E-state index in [-0.39, 0.29) is 49.9 Å². The molecule has 4 N–H and O–H groups in total. The summed E-state index contributed by atoms with van der Waals surface area (Å²) in [5.41, 5.74) is 3.85. The van der Waals surface area contributed by atoms with E-state index in [4.69, 9.17) is 38.4 Å². The summed E-state index contributed by atoms with van der Waals surface area (Å²) < 4.78 is 77.0. The number of benzene rings is 1. The zero-order valence-corrected chi connectivity index (χ0v) is 27.9. The number of tetrazole rings is 1. The molecule has 0 aliphatic rings. The molecule has 21 nitrogen and oxygen atoms in total. The van der Waals surface area contributed by atoms with Gasteiger partial charge in [0, 0.05) is 7.05 Å². The lowest BCUT2D eigenvalue weighted by Crippen LogP contribution is -2.36. The van der Waals surface area contributed by atoms with E-state index in [2.05, 4.69) is 40.9 Å². The van der Waals surface area contributed by atoms with Crippen molar-refractivity contribution in [2.45, 2.75) is 11.2 Å². The molecule has 5 rings (SSSR count). The number of rotatable bonds is 8. The molecule has 4 aromatic heterocycles. The standard InChI is InChI=1S/C13H16N10O5S.C10H5Cl2F3N4O2/c1-22-11(7(6-14-22)10-18-21-23(2)19-10)29(25,26)20-13(24)17-12-15-8(27-3)5-9(16-12)28-4;11-5-1-4(10(13,14)15)2-6(12)8(5)18-9(16)7(3-17-18)19(20)21/h5-6H,1-4H3,(H2,15,16,17,20,24);1-3H,16H2. The van der Waals surface area contributed by atoms with Gasteiger partial charge in [-0.15, -0.1) is 10.2 Å². The van der Waals surface area contributed by atoms with Crippen LogP contribution in [-0.4, -0.2) is 83.3 Å². The minimum absolute atomic E-state index is 0.0299. The van der Waals surface area contributed by atoms with E-state index in [0.29, 0.717) is 12.1 Å². The molecule has 0 saturated carbocycles. The van der Waals surface area contributed by atoms with Crippen LogP contribution in [0, 0.1) is 10.1 Å². The molecule has 0 fully saturated rings. The largest absolute Gasteiger partial charge is 0.481 e. The summed E-state index contributed by atoms with van der Waals surface area (Å²) in [5, 5.41) is 30.7. The molecule has 0 spiro atoms. The Labute approximate surface area is 287 Å². The van der Waals surface area contributed by atoms with Crippen LogP contribution in [0.4, 0.5) is 35.4 Å². The molecule has 27 heteroatoms. The van der Waals surface area contributed by atoms with Gasteiger partial charge in [0.05, 0.1) is 59.6 Å². The first-order valence-corrected chi connectivity index (χ1v) is 15.2. The van der Waals surface area contributed by atoms with Crippen LogP contribution in [0.25, 0.3) is 17.1 Å². The van der Waals surface area contributed by atoms with E-state index >= 15 is 0 Å². The third kappa shape index (κ3) is 8.06. The fraction of sp³-hybridized carbons (Fsp3) is 0.217. The number of sulfonamides is 1. The Morgan fingerprint density at radius 1 is 1.04 bits per heavy atom. The van der Waals surface area contributed by atoms with Gasteiger partial charge >= 0.3 is 17.9 Å². The number of nitro groups is 1. The van der Waals surface area contributed by atoms with Crippen LogP contribution in [0.3, 0.4) is 0 Å². The Bertz CT molecular complexity index is 2140. The van der Waals surface area contributed by atoms with Crippen molar-refractivity contribution in [2.75, 3.05) is 25.3 Å². The van der Waals surface area contributed by atoms with Crippen molar-refractivity contribution in [3.05, 3.63) is 56.3 Å². The van der Waals surface area contributed by atoms with Gasteiger partial charge in [0.1, 0.15) is 11.9 Å². The van der Waals surface area contributed by atoms with Crippen LogP contribution >= 0.6 is 23.2 Å². The molecule has 0 aliphatic carbocycles. The molecule has 2 amide bonds. The first-order chi connectivity index (χ1) is 23.4. The second kappa shape index (κ2) is 14.3. The minimum Gasteiger partial charge on any atom is -0.481 e. The number of carbonyl (C=O) groups excluding carboxylic acids is 1. The number of anilines is 2. The lowest BCUT2D eigenvalue weighted by atomic mass is 10.2. The average molecular weight is 765 g/mol. The van der Waals surface area contributed by atoms with Crippen LogP contribution in [-0.2, 0) is 30.3 Å². The molecular formula is C23H21Cl2F3N14O7S. The highest BCUT2D eigenvalue weighted by Crippen LogP contribution is 2.39. The number of carbonyl (C=O) groups is 1. The maximum Gasteiger partial charge on any atom is 0.416 e. The second-order valence-electron chi connectivity index (χ2n) is 9.30. The molecule has 266 valence electrons. The SMILES string of the molecule is COc1cc(OC)nc(NC(=O)NS(=O)(=O)c2c(-c3nnn(C)n3)cnn2C)n1.Nc1c([N+](=O)[O-])cnn1-c1c(Cl)cc(C(F)(F)F)cc1Cl. The second-order valence-corrected chi connectivity index (χ2v) is 11.7. The summed E-state index contributed by atoms with van der Waals surface area (Å²) in [7, 11) is 1.27. The van der Waals surface area contributed by atoms with Crippen molar-refractivity contribution < 1.29 is 40.8 Å². The number of nitrogen functional groups attached to an aromatic ring is 1. The predicted molar refractivity (Wildman–Crippen MR) is 165 cm³/mol. The molecule has 5 aromatic rings. The van der Waals surface area contributed by atoms with Gasteiger partial charge in [0.15, 0.2) is 5.03 Å². The molecule has 0 atom stereocenters. The Morgan fingerprint density at radius 2 is 1.64 bits per heavy atom. The fourth-order valence-corrected chi connectivity index (χ4v) is 5.72. The van der Waals surface area contributed by atoms with Crippen molar-refractivity contribution in [3.63, 3.8) is 0 Å². The number of alkyl halides is 3. The highest BCUT2D eigenvalue weighted by molar-refractivity contribution is 7.90. The van der Waals surface area contributed by atoms with Gasteiger partial charge in [-0.1, -0.05) is 23.2 Å². The molecule has 4 heterocycles. The monoisotopic (exact) mass is 764 g/mol. The fourth-order valence-electron chi connectivity index (χ4n) is 3.86. The van der Waals surface area contributed by atoms with E-state index in [0.717, 1.165) is 20.4 Å². The van der Waals surface area contributed by atoms with E-state index in [1.807, 2.05) is 4.72 Å². The summed E-state index contributed by atoms with van der Waals surface area (Å²) in [4.78, 5) is 31.1. The number of methoxy groups -OCH3 is 2. The van der Waals surface area contributed by atoms with Gasteiger partial charge in [-0.05, 0) is 17.3 Å². The third-order valence-corrected chi connectivity index (χ3v) is 8.00. The topological polar surface area (TPSA) is 268 Å². The highest BCUT2D eigenvalue weighted by atomic mass is 35.5.